The van der Waals surface area contributed by atoms with Gasteiger partial charge < -0.3 is 14.7 Å². The predicted molar refractivity (Wildman–Crippen MR) is 66.4 cm³/mol. The van der Waals surface area contributed by atoms with E-state index in [0.717, 1.165) is 0 Å². The van der Waals surface area contributed by atoms with E-state index in [2.05, 4.69) is 4.98 Å². The van der Waals surface area contributed by atoms with Crippen molar-refractivity contribution in [3.63, 3.8) is 0 Å². The van der Waals surface area contributed by atoms with Crippen LogP contribution in [0, 0.1) is 5.92 Å². The van der Waals surface area contributed by atoms with Crippen molar-refractivity contribution in [1.29, 1.82) is 0 Å². The molecular weight excluding hydrogens is 248 g/mol. The number of hydrogen-bond acceptors (Lipinski definition) is 4. The quantitative estimate of drug-likeness (QED) is 0.895. The van der Waals surface area contributed by atoms with Gasteiger partial charge in [0.1, 0.15) is 6.61 Å². The van der Waals surface area contributed by atoms with E-state index in [-0.39, 0.29) is 13.2 Å². The SMILES string of the molecule is O=C(O)C1CCCN(C(=O)OCc2ccccn2)C1. The molecular formula is C13H16N2O4. The topological polar surface area (TPSA) is 79.7 Å². The van der Waals surface area contributed by atoms with Crippen LogP contribution in [0.3, 0.4) is 0 Å². The van der Waals surface area contributed by atoms with Gasteiger partial charge in [-0.1, -0.05) is 6.07 Å². The van der Waals surface area contributed by atoms with Gasteiger partial charge in [0.25, 0.3) is 0 Å². The lowest BCUT2D eigenvalue weighted by molar-refractivity contribution is -0.143. The molecule has 6 nitrogen and oxygen atoms in total. The van der Waals surface area contributed by atoms with Crippen molar-refractivity contribution in [3.8, 4) is 0 Å². The van der Waals surface area contributed by atoms with Crippen LogP contribution in [-0.2, 0) is 16.1 Å². The van der Waals surface area contributed by atoms with E-state index in [4.69, 9.17) is 9.84 Å². The zero-order valence-electron chi connectivity index (χ0n) is 10.5. The Labute approximate surface area is 111 Å². The smallest absolute Gasteiger partial charge is 0.410 e. The molecule has 2 heterocycles. The number of rotatable bonds is 3. The Morgan fingerprint density at radius 3 is 3.00 bits per heavy atom. The van der Waals surface area contributed by atoms with E-state index in [9.17, 15) is 9.59 Å². The van der Waals surface area contributed by atoms with Crippen molar-refractivity contribution < 1.29 is 19.4 Å². The van der Waals surface area contributed by atoms with Crippen molar-refractivity contribution in [3.05, 3.63) is 30.1 Å². The molecule has 0 spiro atoms. The summed E-state index contributed by atoms with van der Waals surface area (Å²) in [6, 6.07) is 5.37. The minimum atomic E-state index is -0.859. The molecule has 0 saturated carbocycles. The predicted octanol–water partition coefficient (Wildman–Crippen LogP) is 1.51. The molecule has 19 heavy (non-hydrogen) atoms. The van der Waals surface area contributed by atoms with Gasteiger partial charge in [0.15, 0.2) is 0 Å². The Hall–Kier alpha value is -2.11. The summed E-state index contributed by atoms with van der Waals surface area (Å²) in [6.07, 6.45) is 2.45. The fraction of sp³-hybridized carbons (Fsp3) is 0.462. The molecule has 1 fully saturated rings. The lowest BCUT2D eigenvalue weighted by Crippen LogP contribution is -2.42. The second-order valence-electron chi connectivity index (χ2n) is 4.50. The number of carboxylic acids is 1. The van der Waals surface area contributed by atoms with Gasteiger partial charge in [-0.05, 0) is 25.0 Å². The molecule has 1 aromatic rings. The summed E-state index contributed by atoms with van der Waals surface area (Å²) in [4.78, 5) is 28.2. The molecule has 0 radical (unpaired) electrons. The number of carbonyl (C=O) groups excluding carboxylic acids is 1. The van der Waals surface area contributed by atoms with Crippen LogP contribution in [-0.4, -0.2) is 40.1 Å². The summed E-state index contributed by atoms with van der Waals surface area (Å²) in [6.45, 7) is 0.870. The summed E-state index contributed by atoms with van der Waals surface area (Å²) >= 11 is 0. The number of likely N-dealkylation sites (tertiary alicyclic amines) is 1. The van der Waals surface area contributed by atoms with Crippen LogP contribution >= 0.6 is 0 Å². The summed E-state index contributed by atoms with van der Waals surface area (Å²) in [5.41, 5.74) is 0.669. The monoisotopic (exact) mass is 264 g/mol. The largest absolute Gasteiger partial charge is 0.481 e. The number of carboxylic acid groups (broad SMARTS) is 1. The number of amides is 1. The van der Waals surface area contributed by atoms with Crippen molar-refractivity contribution in [2.24, 2.45) is 5.92 Å². The molecule has 1 aromatic heterocycles. The Kier molecular flexibility index (Phi) is 4.33. The van der Waals surface area contributed by atoms with Gasteiger partial charge >= 0.3 is 12.1 Å². The Bertz CT molecular complexity index is 449. The average Bonchev–Trinajstić information content (AvgIpc) is 2.46. The van der Waals surface area contributed by atoms with Crippen LogP contribution in [0.25, 0.3) is 0 Å². The van der Waals surface area contributed by atoms with E-state index in [0.29, 0.717) is 25.1 Å². The third-order valence-corrected chi connectivity index (χ3v) is 3.10. The molecule has 1 aliphatic rings. The first-order valence-electron chi connectivity index (χ1n) is 6.21. The number of pyridine rings is 1. The van der Waals surface area contributed by atoms with Crippen molar-refractivity contribution in [2.75, 3.05) is 13.1 Å². The Morgan fingerprint density at radius 1 is 1.47 bits per heavy atom. The first-order valence-corrected chi connectivity index (χ1v) is 6.21. The van der Waals surface area contributed by atoms with E-state index in [1.807, 2.05) is 6.07 Å². The van der Waals surface area contributed by atoms with Crippen LogP contribution in [0.4, 0.5) is 4.79 Å². The second-order valence-corrected chi connectivity index (χ2v) is 4.50. The average molecular weight is 264 g/mol. The summed E-state index contributed by atoms with van der Waals surface area (Å²) in [7, 11) is 0. The molecule has 0 aliphatic carbocycles. The molecule has 1 N–H and O–H groups in total. The number of aliphatic carboxylic acids is 1. The van der Waals surface area contributed by atoms with E-state index in [1.165, 1.54) is 4.90 Å². The first kappa shape index (κ1) is 13.3. The van der Waals surface area contributed by atoms with Crippen LogP contribution in [0.2, 0.25) is 0 Å². The van der Waals surface area contributed by atoms with Crippen molar-refractivity contribution >= 4 is 12.1 Å². The van der Waals surface area contributed by atoms with Crippen molar-refractivity contribution in [2.45, 2.75) is 19.4 Å². The zero-order valence-corrected chi connectivity index (χ0v) is 10.5. The standard InChI is InChI=1S/C13H16N2O4/c16-12(17)10-4-3-7-15(8-10)13(18)19-9-11-5-1-2-6-14-11/h1-2,5-6,10H,3-4,7-9H2,(H,16,17). The summed E-state index contributed by atoms with van der Waals surface area (Å²) in [5, 5.41) is 8.96. The van der Waals surface area contributed by atoms with E-state index < -0.39 is 18.0 Å². The molecule has 6 heteroatoms. The van der Waals surface area contributed by atoms with Gasteiger partial charge in [-0.15, -0.1) is 0 Å². The normalized spacial score (nSPS) is 18.9. The zero-order chi connectivity index (χ0) is 13.7. The molecule has 1 atom stereocenters. The highest BCUT2D eigenvalue weighted by atomic mass is 16.6. The van der Waals surface area contributed by atoms with Gasteiger partial charge in [0.2, 0.25) is 0 Å². The van der Waals surface area contributed by atoms with Gasteiger partial charge in [-0.25, -0.2) is 4.79 Å². The first-order chi connectivity index (χ1) is 9.16. The van der Waals surface area contributed by atoms with E-state index in [1.54, 1.807) is 18.3 Å². The second kappa shape index (κ2) is 6.17. The lowest BCUT2D eigenvalue weighted by Gasteiger charge is -2.29. The molecule has 1 unspecified atom stereocenters. The molecule has 1 saturated heterocycles. The van der Waals surface area contributed by atoms with Crippen LogP contribution < -0.4 is 0 Å². The number of ether oxygens (including phenoxy) is 1. The molecule has 1 amide bonds. The fourth-order valence-electron chi connectivity index (χ4n) is 2.06. The van der Waals surface area contributed by atoms with Gasteiger partial charge in [-0.3, -0.25) is 9.78 Å². The number of carbonyl (C=O) groups is 2. The molecule has 1 aliphatic heterocycles. The number of aromatic nitrogens is 1. The van der Waals surface area contributed by atoms with E-state index >= 15 is 0 Å². The maximum atomic E-state index is 11.8. The van der Waals surface area contributed by atoms with Gasteiger partial charge in [0, 0.05) is 19.3 Å². The highest BCUT2D eigenvalue weighted by Crippen LogP contribution is 2.17. The highest BCUT2D eigenvalue weighted by Gasteiger charge is 2.28. The maximum absolute atomic E-state index is 11.8. The third kappa shape index (κ3) is 3.67. The summed E-state index contributed by atoms with van der Waals surface area (Å²) in [5.74, 6) is -1.35. The number of nitrogens with zero attached hydrogens (tertiary/aromatic N) is 2. The maximum Gasteiger partial charge on any atom is 0.410 e. The van der Waals surface area contributed by atoms with Crippen LogP contribution in [0.5, 0.6) is 0 Å². The molecule has 0 aromatic carbocycles. The third-order valence-electron chi connectivity index (χ3n) is 3.10. The van der Waals surface area contributed by atoms with Crippen LogP contribution in [0.15, 0.2) is 24.4 Å². The highest BCUT2D eigenvalue weighted by molar-refractivity contribution is 5.73. The molecule has 102 valence electrons. The molecule has 0 bridgehead atoms. The van der Waals surface area contributed by atoms with Crippen molar-refractivity contribution in [1.82, 2.24) is 9.88 Å². The number of piperidine rings is 1. The number of hydrogen-bond donors (Lipinski definition) is 1. The lowest BCUT2D eigenvalue weighted by atomic mass is 9.99. The minimum absolute atomic E-state index is 0.105. The van der Waals surface area contributed by atoms with Crippen LogP contribution in [0.1, 0.15) is 18.5 Å². The van der Waals surface area contributed by atoms with Gasteiger partial charge in [-0.2, -0.15) is 0 Å². The fourth-order valence-corrected chi connectivity index (χ4v) is 2.06. The Morgan fingerprint density at radius 2 is 2.32 bits per heavy atom. The Balaban J connectivity index is 1.84. The minimum Gasteiger partial charge on any atom is -0.481 e. The van der Waals surface area contributed by atoms with Gasteiger partial charge in [0.05, 0.1) is 11.6 Å². The summed E-state index contributed by atoms with van der Waals surface area (Å²) < 4.78 is 5.13. The molecule has 2 rings (SSSR count).